The monoisotopic (exact) mass is 525 g/mol. The van der Waals surface area contributed by atoms with Crippen molar-refractivity contribution < 1.29 is 13.5 Å². The van der Waals surface area contributed by atoms with E-state index in [0.717, 1.165) is 33.8 Å². The molecule has 6 rings (SSSR count). The number of likely N-dealkylation sites (tertiary alicyclic amines) is 1. The predicted molar refractivity (Wildman–Crippen MR) is 142 cm³/mol. The molecule has 4 aromatic heterocycles. The van der Waals surface area contributed by atoms with E-state index in [9.17, 15) is 0 Å². The molecule has 0 aromatic carbocycles. The molecule has 0 radical (unpaired) electrons. The van der Waals surface area contributed by atoms with E-state index in [4.69, 9.17) is 9.72 Å². The highest BCUT2D eigenvalue weighted by Gasteiger charge is 2.51. The number of anilines is 2. The van der Waals surface area contributed by atoms with Crippen molar-refractivity contribution in [2.45, 2.75) is 57.7 Å². The van der Waals surface area contributed by atoms with Gasteiger partial charge in [-0.15, -0.1) is 5.10 Å². The molecule has 4 aromatic rings. The molecule has 2 aliphatic heterocycles. The number of imidazole rings is 1. The maximum Gasteiger partial charge on any atom is 0.280 e. The maximum atomic E-state index is 15.2. The Hall–Kier alpha value is -3.38. The Morgan fingerprint density at radius 2 is 1.92 bits per heavy atom. The second kappa shape index (κ2) is 8.84. The number of aryl methyl sites for hydroxylation is 1. The van der Waals surface area contributed by atoms with E-state index in [2.05, 4.69) is 44.1 Å². The van der Waals surface area contributed by atoms with Gasteiger partial charge in [0.05, 0.1) is 37.0 Å². The average Bonchev–Trinajstić information content (AvgIpc) is 3.42. The van der Waals surface area contributed by atoms with Gasteiger partial charge >= 0.3 is 0 Å². The number of fused-ring (bicyclic) bond motifs is 2. The molecule has 2 aliphatic rings. The molecule has 2 N–H and O–H groups in total. The summed E-state index contributed by atoms with van der Waals surface area (Å²) < 4.78 is 39.4. The number of aromatic nitrogens is 6. The SMILES string of the molecule is CNc1nc(N[C@@H]2CCN(C3(C)COC3)CC2(F)F)nn2ccc(-c3ccc4nc(C)n(C(C)C)c4n3)c12. The molecule has 0 spiro atoms. The minimum absolute atomic E-state index is 0.150. The van der Waals surface area contributed by atoms with Crippen LogP contribution in [-0.4, -0.2) is 84.9 Å². The summed E-state index contributed by atoms with van der Waals surface area (Å²) in [5, 5.41) is 10.6. The highest BCUT2D eigenvalue weighted by Crippen LogP contribution is 2.36. The number of rotatable bonds is 6. The van der Waals surface area contributed by atoms with Crippen molar-refractivity contribution in [1.29, 1.82) is 0 Å². The highest BCUT2D eigenvalue weighted by atomic mass is 19.3. The molecule has 0 bridgehead atoms. The van der Waals surface area contributed by atoms with Crippen LogP contribution in [0.1, 0.15) is 39.1 Å². The van der Waals surface area contributed by atoms with E-state index < -0.39 is 12.0 Å². The van der Waals surface area contributed by atoms with Crippen LogP contribution in [0.4, 0.5) is 20.5 Å². The molecule has 0 saturated carbocycles. The number of alkyl halides is 2. The van der Waals surface area contributed by atoms with E-state index in [1.165, 1.54) is 0 Å². The summed E-state index contributed by atoms with van der Waals surface area (Å²) in [6.07, 6.45) is 2.08. The third-order valence-corrected chi connectivity index (χ3v) is 7.75. The van der Waals surface area contributed by atoms with Crippen LogP contribution in [0.15, 0.2) is 24.4 Å². The molecule has 6 heterocycles. The first-order valence-corrected chi connectivity index (χ1v) is 13.0. The molecule has 38 heavy (non-hydrogen) atoms. The first kappa shape index (κ1) is 24.9. The smallest absolute Gasteiger partial charge is 0.280 e. The van der Waals surface area contributed by atoms with Crippen LogP contribution in [0.2, 0.25) is 0 Å². The summed E-state index contributed by atoms with van der Waals surface area (Å²) in [6, 6.07) is 4.97. The molecular formula is C26H33F2N9O. The van der Waals surface area contributed by atoms with Gasteiger partial charge in [0, 0.05) is 31.4 Å². The third kappa shape index (κ3) is 3.97. The molecule has 1 atom stereocenters. The van der Waals surface area contributed by atoms with Gasteiger partial charge in [-0.05, 0) is 52.3 Å². The van der Waals surface area contributed by atoms with Gasteiger partial charge in [0.1, 0.15) is 16.9 Å². The summed E-state index contributed by atoms with van der Waals surface area (Å²) in [4.78, 5) is 16.0. The Labute approximate surface area is 219 Å². The molecule has 0 amide bonds. The van der Waals surface area contributed by atoms with Crippen LogP contribution in [0, 0.1) is 6.92 Å². The summed E-state index contributed by atoms with van der Waals surface area (Å²) in [6.45, 7) is 9.38. The van der Waals surface area contributed by atoms with E-state index in [1.807, 2.05) is 36.9 Å². The van der Waals surface area contributed by atoms with Crippen LogP contribution in [0.5, 0.6) is 0 Å². The first-order valence-electron chi connectivity index (χ1n) is 13.0. The standard InChI is InChI=1S/C26H33F2N9O/c1-15(2)37-16(3)30-19-7-6-18(31-23(19)37)17-8-11-36-21(17)22(29-5)33-24(34-36)32-20-9-10-35(12-26(20,27)28)25(4)13-38-14-25/h6-8,11,15,20H,9-10,12-14H2,1-5H3,(H2,29,32,33,34)/t20-/m1/s1. The molecular weight excluding hydrogens is 492 g/mol. The third-order valence-electron chi connectivity index (χ3n) is 7.75. The minimum Gasteiger partial charge on any atom is -0.377 e. The maximum absolute atomic E-state index is 15.2. The lowest BCUT2D eigenvalue weighted by atomic mass is 9.91. The Kier molecular flexibility index (Phi) is 5.80. The quantitative estimate of drug-likeness (QED) is 0.390. The number of halogens is 2. The van der Waals surface area contributed by atoms with E-state index >= 15 is 8.78 Å². The lowest BCUT2D eigenvalue weighted by molar-refractivity contribution is -0.174. The van der Waals surface area contributed by atoms with Crippen molar-refractivity contribution in [3.05, 3.63) is 30.2 Å². The van der Waals surface area contributed by atoms with Crippen LogP contribution in [0.25, 0.3) is 27.9 Å². The molecule has 202 valence electrons. The lowest BCUT2D eigenvalue weighted by Gasteiger charge is -2.51. The van der Waals surface area contributed by atoms with Crippen molar-refractivity contribution in [2.24, 2.45) is 0 Å². The number of ether oxygens (including phenoxy) is 1. The second-order valence-corrected chi connectivity index (χ2v) is 10.9. The Balaban J connectivity index is 1.31. The van der Waals surface area contributed by atoms with Gasteiger partial charge in [0.2, 0.25) is 5.95 Å². The largest absolute Gasteiger partial charge is 0.377 e. The molecule has 10 nitrogen and oxygen atoms in total. The topological polar surface area (TPSA) is 97.4 Å². The normalized spacial score (nSPS) is 21.2. The first-order chi connectivity index (χ1) is 18.1. The summed E-state index contributed by atoms with van der Waals surface area (Å²) in [7, 11) is 1.76. The number of hydrogen-bond donors (Lipinski definition) is 2. The number of hydrogen-bond acceptors (Lipinski definition) is 8. The van der Waals surface area contributed by atoms with E-state index in [-0.39, 0.29) is 30.5 Å². The zero-order valence-corrected chi connectivity index (χ0v) is 22.3. The summed E-state index contributed by atoms with van der Waals surface area (Å²) in [5.74, 6) is -1.35. The zero-order valence-electron chi connectivity index (χ0n) is 22.3. The van der Waals surface area contributed by atoms with Crippen molar-refractivity contribution in [3.8, 4) is 11.3 Å². The average molecular weight is 526 g/mol. The van der Waals surface area contributed by atoms with Crippen LogP contribution in [0.3, 0.4) is 0 Å². The fourth-order valence-corrected chi connectivity index (χ4v) is 5.64. The van der Waals surface area contributed by atoms with Gasteiger partial charge in [-0.1, -0.05) is 0 Å². The highest BCUT2D eigenvalue weighted by molar-refractivity contribution is 5.89. The summed E-state index contributed by atoms with van der Waals surface area (Å²) in [5.41, 5.74) is 3.66. The number of pyridine rings is 1. The van der Waals surface area contributed by atoms with Crippen molar-refractivity contribution in [1.82, 2.24) is 34.0 Å². The number of nitrogens with one attached hydrogen (secondary N) is 2. The molecule has 0 aliphatic carbocycles. The van der Waals surface area contributed by atoms with Gasteiger partial charge in [0.15, 0.2) is 11.5 Å². The van der Waals surface area contributed by atoms with Crippen molar-refractivity contribution in [2.75, 3.05) is 44.0 Å². The van der Waals surface area contributed by atoms with Crippen LogP contribution >= 0.6 is 0 Å². The fraction of sp³-hybridized carbons (Fsp3) is 0.538. The van der Waals surface area contributed by atoms with Crippen molar-refractivity contribution >= 4 is 28.4 Å². The zero-order chi connectivity index (χ0) is 26.8. The second-order valence-electron chi connectivity index (χ2n) is 10.9. The van der Waals surface area contributed by atoms with Gasteiger partial charge in [-0.3, -0.25) is 4.90 Å². The number of piperidine rings is 1. The van der Waals surface area contributed by atoms with Gasteiger partial charge < -0.3 is 19.9 Å². The molecule has 12 heteroatoms. The molecule has 2 fully saturated rings. The predicted octanol–water partition coefficient (Wildman–Crippen LogP) is 3.98. The lowest BCUT2D eigenvalue weighted by Crippen LogP contribution is -2.67. The van der Waals surface area contributed by atoms with Gasteiger partial charge in [0.25, 0.3) is 5.92 Å². The van der Waals surface area contributed by atoms with Gasteiger partial charge in [-0.25, -0.2) is 23.3 Å². The van der Waals surface area contributed by atoms with Crippen molar-refractivity contribution in [3.63, 3.8) is 0 Å². The Morgan fingerprint density at radius 3 is 2.58 bits per heavy atom. The summed E-state index contributed by atoms with van der Waals surface area (Å²) >= 11 is 0. The number of nitrogens with zero attached hydrogens (tertiary/aromatic N) is 7. The Bertz CT molecular complexity index is 1510. The minimum atomic E-state index is -2.94. The molecule has 0 unspecified atom stereocenters. The molecule has 2 saturated heterocycles. The van der Waals surface area contributed by atoms with Crippen LogP contribution in [-0.2, 0) is 4.74 Å². The van der Waals surface area contributed by atoms with Gasteiger partial charge in [-0.2, -0.15) is 4.98 Å². The Morgan fingerprint density at radius 1 is 1.13 bits per heavy atom. The van der Waals surface area contributed by atoms with Crippen LogP contribution < -0.4 is 10.6 Å². The van der Waals surface area contributed by atoms with E-state index in [0.29, 0.717) is 25.6 Å². The fourth-order valence-electron chi connectivity index (χ4n) is 5.64. The van der Waals surface area contributed by atoms with E-state index in [1.54, 1.807) is 17.8 Å².